The van der Waals surface area contributed by atoms with Gasteiger partial charge in [0.1, 0.15) is 0 Å². The summed E-state index contributed by atoms with van der Waals surface area (Å²) >= 11 is 4.92. The quantitative estimate of drug-likeness (QED) is 0.695. The first-order valence-electron chi connectivity index (χ1n) is 4.76. The van der Waals surface area contributed by atoms with E-state index in [1.54, 1.807) is 29.5 Å². The average Bonchev–Trinajstić information content (AvgIpc) is 2.74. The number of thiophene rings is 1. The minimum absolute atomic E-state index is 0.110. The Morgan fingerprint density at radius 1 is 1.38 bits per heavy atom. The van der Waals surface area contributed by atoms with Gasteiger partial charge < -0.3 is 5.73 Å². The van der Waals surface area contributed by atoms with Crippen LogP contribution in [0.4, 0.5) is 5.69 Å². The minimum Gasteiger partial charge on any atom is -0.398 e. The molecule has 0 aliphatic heterocycles. The first-order valence-corrected chi connectivity index (χ1v) is 6.49. The molecule has 82 valence electrons. The van der Waals surface area contributed by atoms with Gasteiger partial charge in [0, 0.05) is 22.1 Å². The summed E-state index contributed by atoms with van der Waals surface area (Å²) in [4.78, 5) is 11.9. The second-order valence-electron chi connectivity index (χ2n) is 3.47. The third-order valence-corrected chi connectivity index (χ3v) is 3.69. The fraction of sp³-hybridized carbons (Fsp3) is 0.0833. The number of hydrogen-bond acceptors (Lipinski definition) is 3. The number of hydrogen-bond donors (Lipinski definition) is 1. The zero-order valence-corrected chi connectivity index (χ0v) is 10.8. The molecule has 0 saturated carbocycles. The molecule has 1 aromatic heterocycles. The highest BCUT2D eigenvalue weighted by molar-refractivity contribution is 9.10. The number of rotatable bonds is 3. The Bertz CT molecular complexity index is 508. The van der Waals surface area contributed by atoms with E-state index in [1.165, 1.54) is 0 Å². The van der Waals surface area contributed by atoms with Crippen LogP contribution in [-0.4, -0.2) is 5.78 Å². The lowest BCUT2D eigenvalue weighted by atomic mass is 10.1. The van der Waals surface area contributed by atoms with E-state index in [1.807, 2.05) is 16.8 Å². The molecular formula is C12H10BrNOS. The van der Waals surface area contributed by atoms with Crippen molar-refractivity contribution in [3.8, 4) is 0 Å². The van der Waals surface area contributed by atoms with Crippen LogP contribution < -0.4 is 5.73 Å². The van der Waals surface area contributed by atoms with Crippen LogP contribution in [0.3, 0.4) is 0 Å². The molecule has 0 radical (unpaired) electrons. The number of anilines is 1. The van der Waals surface area contributed by atoms with Crippen molar-refractivity contribution >= 4 is 38.7 Å². The standard InChI is InChI=1S/C12H10BrNOS/c13-10-6-9(1-2-11(10)14)12(15)5-8-3-4-16-7-8/h1-4,6-7H,5,14H2. The van der Waals surface area contributed by atoms with Gasteiger partial charge in [-0.1, -0.05) is 0 Å². The van der Waals surface area contributed by atoms with E-state index < -0.39 is 0 Å². The second-order valence-corrected chi connectivity index (χ2v) is 5.10. The third kappa shape index (κ3) is 2.51. The van der Waals surface area contributed by atoms with Crippen molar-refractivity contribution in [2.45, 2.75) is 6.42 Å². The fourth-order valence-corrected chi connectivity index (χ4v) is 2.43. The van der Waals surface area contributed by atoms with Crippen molar-refractivity contribution < 1.29 is 4.79 Å². The molecule has 0 aliphatic rings. The van der Waals surface area contributed by atoms with Gasteiger partial charge in [0.05, 0.1) is 0 Å². The molecule has 0 amide bonds. The van der Waals surface area contributed by atoms with E-state index in [4.69, 9.17) is 5.73 Å². The Morgan fingerprint density at radius 3 is 2.81 bits per heavy atom. The maximum absolute atomic E-state index is 11.9. The summed E-state index contributed by atoms with van der Waals surface area (Å²) < 4.78 is 0.767. The Balaban J connectivity index is 2.18. The van der Waals surface area contributed by atoms with E-state index >= 15 is 0 Å². The maximum atomic E-state index is 11.9. The lowest BCUT2D eigenvalue weighted by molar-refractivity contribution is 0.0993. The third-order valence-electron chi connectivity index (χ3n) is 2.27. The number of ketones is 1. The number of halogens is 1. The summed E-state index contributed by atoms with van der Waals surface area (Å²) in [5.41, 5.74) is 8.06. The Morgan fingerprint density at radius 2 is 2.19 bits per heavy atom. The van der Waals surface area contributed by atoms with E-state index in [9.17, 15) is 4.79 Å². The molecule has 0 atom stereocenters. The summed E-state index contributed by atoms with van der Waals surface area (Å²) in [6.45, 7) is 0. The van der Waals surface area contributed by atoms with Gasteiger partial charge in [0.2, 0.25) is 0 Å². The molecule has 1 aromatic carbocycles. The van der Waals surface area contributed by atoms with Crippen LogP contribution in [0.15, 0.2) is 39.5 Å². The zero-order chi connectivity index (χ0) is 11.5. The highest BCUT2D eigenvalue weighted by Gasteiger charge is 2.08. The lowest BCUT2D eigenvalue weighted by Gasteiger charge is -2.02. The highest BCUT2D eigenvalue weighted by atomic mass is 79.9. The lowest BCUT2D eigenvalue weighted by Crippen LogP contribution is -2.03. The Hall–Kier alpha value is -1.13. The molecule has 0 spiro atoms. The molecule has 0 bridgehead atoms. The number of carbonyl (C=O) groups excluding carboxylic acids is 1. The topological polar surface area (TPSA) is 43.1 Å². The fourth-order valence-electron chi connectivity index (χ4n) is 1.38. The van der Waals surface area contributed by atoms with Crippen molar-refractivity contribution in [3.63, 3.8) is 0 Å². The van der Waals surface area contributed by atoms with Crippen LogP contribution >= 0.6 is 27.3 Å². The van der Waals surface area contributed by atoms with Crippen molar-refractivity contribution in [3.05, 3.63) is 50.6 Å². The molecule has 1 heterocycles. The SMILES string of the molecule is Nc1ccc(C(=O)Cc2ccsc2)cc1Br. The molecule has 0 unspecified atom stereocenters. The summed E-state index contributed by atoms with van der Waals surface area (Å²) in [5, 5.41) is 3.96. The number of benzene rings is 1. The number of carbonyl (C=O) groups is 1. The average molecular weight is 296 g/mol. The molecule has 2 N–H and O–H groups in total. The van der Waals surface area contributed by atoms with Crippen molar-refractivity contribution in [1.82, 2.24) is 0 Å². The van der Waals surface area contributed by atoms with Gasteiger partial charge in [-0.3, -0.25) is 4.79 Å². The van der Waals surface area contributed by atoms with E-state index in [2.05, 4.69) is 15.9 Å². The van der Waals surface area contributed by atoms with Crippen molar-refractivity contribution in [1.29, 1.82) is 0 Å². The smallest absolute Gasteiger partial charge is 0.167 e. The molecule has 16 heavy (non-hydrogen) atoms. The number of Topliss-reactive ketones (excluding diaryl/α,β-unsaturated/α-hetero) is 1. The van der Waals surface area contributed by atoms with Gasteiger partial charge in [-0.05, 0) is 56.5 Å². The van der Waals surface area contributed by atoms with E-state index in [0.29, 0.717) is 17.7 Å². The van der Waals surface area contributed by atoms with Crippen LogP contribution in [-0.2, 0) is 6.42 Å². The molecule has 0 fully saturated rings. The molecule has 2 aromatic rings. The highest BCUT2D eigenvalue weighted by Crippen LogP contribution is 2.21. The van der Waals surface area contributed by atoms with Gasteiger partial charge in [0.25, 0.3) is 0 Å². The maximum Gasteiger partial charge on any atom is 0.167 e. The zero-order valence-electron chi connectivity index (χ0n) is 8.44. The second kappa shape index (κ2) is 4.80. The monoisotopic (exact) mass is 295 g/mol. The molecule has 0 saturated heterocycles. The van der Waals surface area contributed by atoms with Crippen molar-refractivity contribution in [2.75, 3.05) is 5.73 Å². The summed E-state index contributed by atoms with van der Waals surface area (Å²) in [5.74, 6) is 0.110. The first kappa shape index (κ1) is 11.4. The van der Waals surface area contributed by atoms with Gasteiger partial charge in [-0.2, -0.15) is 11.3 Å². The largest absolute Gasteiger partial charge is 0.398 e. The number of nitrogens with two attached hydrogens (primary N) is 1. The van der Waals surface area contributed by atoms with Gasteiger partial charge in [-0.15, -0.1) is 0 Å². The summed E-state index contributed by atoms with van der Waals surface area (Å²) in [7, 11) is 0. The van der Waals surface area contributed by atoms with Crippen LogP contribution in [0, 0.1) is 0 Å². The molecular weight excluding hydrogens is 286 g/mol. The molecule has 2 nitrogen and oxygen atoms in total. The van der Waals surface area contributed by atoms with Gasteiger partial charge in [-0.25, -0.2) is 0 Å². The van der Waals surface area contributed by atoms with Gasteiger partial charge in [0.15, 0.2) is 5.78 Å². The van der Waals surface area contributed by atoms with E-state index in [0.717, 1.165) is 10.0 Å². The molecule has 2 rings (SSSR count). The predicted octanol–water partition coefficient (Wildman–Crippen LogP) is 3.52. The minimum atomic E-state index is 0.110. The van der Waals surface area contributed by atoms with Crippen LogP contribution in [0.2, 0.25) is 0 Å². The Labute approximate surface area is 106 Å². The van der Waals surface area contributed by atoms with Crippen LogP contribution in [0.25, 0.3) is 0 Å². The van der Waals surface area contributed by atoms with E-state index in [-0.39, 0.29) is 5.78 Å². The van der Waals surface area contributed by atoms with Gasteiger partial charge >= 0.3 is 0 Å². The normalized spacial score (nSPS) is 10.3. The van der Waals surface area contributed by atoms with Crippen LogP contribution in [0.1, 0.15) is 15.9 Å². The van der Waals surface area contributed by atoms with Crippen molar-refractivity contribution in [2.24, 2.45) is 0 Å². The number of nitrogen functional groups attached to an aromatic ring is 1. The summed E-state index contributed by atoms with van der Waals surface area (Å²) in [6.07, 6.45) is 0.444. The predicted molar refractivity (Wildman–Crippen MR) is 70.9 cm³/mol. The Kier molecular flexibility index (Phi) is 3.41. The molecule has 0 aliphatic carbocycles. The van der Waals surface area contributed by atoms with Crippen LogP contribution in [0.5, 0.6) is 0 Å². The molecule has 4 heteroatoms. The first-order chi connectivity index (χ1) is 7.66. The summed E-state index contributed by atoms with van der Waals surface area (Å²) in [6, 6.07) is 7.23.